The quantitative estimate of drug-likeness (QED) is 0.526. The molecule has 0 fully saturated rings. The van der Waals surface area contributed by atoms with E-state index in [9.17, 15) is 14.4 Å². The van der Waals surface area contributed by atoms with Crippen molar-refractivity contribution in [3.05, 3.63) is 20.8 Å². The number of aromatic nitrogens is 3. The largest absolute Gasteiger partial charge is 0.481 e. The van der Waals surface area contributed by atoms with Crippen LogP contribution in [0.2, 0.25) is 0 Å². The molecule has 1 aromatic rings. The molecule has 1 aromatic heterocycles. The van der Waals surface area contributed by atoms with Crippen LogP contribution in [0.5, 0.6) is 0 Å². The van der Waals surface area contributed by atoms with Gasteiger partial charge in [0, 0.05) is 13.0 Å². The van der Waals surface area contributed by atoms with Crippen molar-refractivity contribution in [3.63, 3.8) is 0 Å². The van der Waals surface area contributed by atoms with Crippen molar-refractivity contribution in [1.29, 1.82) is 0 Å². The molecule has 0 saturated heterocycles. The van der Waals surface area contributed by atoms with Gasteiger partial charge in [-0.2, -0.15) is 0 Å². The minimum absolute atomic E-state index is 0.0202. The Bertz CT molecular complexity index is 492. The van der Waals surface area contributed by atoms with E-state index in [1.54, 1.807) is 0 Å². The summed E-state index contributed by atoms with van der Waals surface area (Å²) in [5.74, 6) is -0.747. The van der Waals surface area contributed by atoms with Crippen molar-refractivity contribution in [1.82, 2.24) is 15.2 Å². The number of H-pyrrole nitrogens is 2. The number of carbonyl (C=O) groups is 1. The second-order valence-corrected chi connectivity index (χ2v) is 3.77. The molecule has 1 heterocycles. The minimum Gasteiger partial charge on any atom is -0.481 e. The lowest BCUT2D eigenvalue weighted by molar-refractivity contribution is -0.137. The number of hydrogen-bond donors (Lipinski definition) is 4. The molecular weight excluding hydrogens is 228 g/mol. The third-order valence-corrected chi connectivity index (χ3v) is 2.18. The Morgan fingerprint density at radius 3 is 2.82 bits per heavy atom. The van der Waals surface area contributed by atoms with Gasteiger partial charge in [0.05, 0.1) is 0 Å². The van der Waals surface area contributed by atoms with Gasteiger partial charge >= 0.3 is 11.7 Å². The number of rotatable bonds is 6. The molecule has 1 unspecified atom stereocenters. The minimum atomic E-state index is -0.850. The molecular formula is C9H14N4O4. The van der Waals surface area contributed by atoms with Crippen LogP contribution < -0.4 is 16.6 Å². The summed E-state index contributed by atoms with van der Waals surface area (Å²) in [6, 6.07) is 0. The van der Waals surface area contributed by atoms with Crippen LogP contribution in [0.1, 0.15) is 19.8 Å². The maximum atomic E-state index is 11.2. The number of aliphatic carboxylic acids is 1. The summed E-state index contributed by atoms with van der Waals surface area (Å²) in [7, 11) is 0. The van der Waals surface area contributed by atoms with Gasteiger partial charge in [0.2, 0.25) is 5.82 Å². The highest BCUT2D eigenvalue weighted by Gasteiger charge is 2.07. The molecule has 8 heteroatoms. The molecule has 8 nitrogen and oxygen atoms in total. The topological polar surface area (TPSA) is 128 Å². The fourth-order valence-corrected chi connectivity index (χ4v) is 1.21. The summed E-state index contributed by atoms with van der Waals surface area (Å²) in [5.41, 5.74) is -1.27. The first-order valence-corrected chi connectivity index (χ1v) is 5.13. The molecule has 0 aromatic carbocycles. The molecule has 4 N–H and O–H groups in total. The Morgan fingerprint density at radius 2 is 2.24 bits per heavy atom. The smallest absolute Gasteiger partial charge is 0.342 e. The summed E-state index contributed by atoms with van der Waals surface area (Å²) in [6.07, 6.45) is 0.585. The van der Waals surface area contributed by atoms with E-state index in [2.05, 4.69) is 15.5 Å². The van der Waals surface area contributed by atoms with Gasteiger partial charge in [0.15, 0.2) is 0 Å². The Labute approximate surface area is 96.1 Å². The van der Waals surface area contributed by atoms with Gasteiger partial charge in [-0.1, -0.05) is 6.92 Å². The van der Waals surface area contributed by atoms with E-state index >= 15 is 0 Å². The Kier molecular flexibility index (Phi) is 4.44. The number of carboxylic acid groups (broad SMARTS) is 1. The molecule has 1 rings (SSSR count). The monoisotopic (exact) mass is 242 g/mol. The van der Waals surface area contributed by atoms with Gasteiger partial charge in [-0.15, -0.1) is 5.10 Å². The Hall–Kier alpha value is -2.12. The lowest BCUT2D eigenvalue weighted by Crippen LogP contribution is -2.28. The van der Waals surface area contributed by atoms with E-state index < -0.39 is 17.2 Å². The molecule has 0 aliphatic heterocycles. The Morgan fingerprint density at radius 1 is 1.53 bits per heavy atom. The van der Waals surface area contributed by atoms with E-state index in [0.717, 1.165) is 0 Å². The van der Waals surface area contributed by atoms with Crippen molar-refractivity contribution in [2.45, 2.75) is 19.8 Å². The van der Waals surface area contributed by atoms with Gasteiger partial charge in [0.1, 0.15) is 0 Å². The third-order valence-electron chi connectivity index (χ3n) is 2.18. The lowest BCUT2D eigenvalue weighted by Gasteiger charge is -2.10. The number of anilines is 1. The number of carboxylic acids is 1. The second kappa shape index (κ2) is 5.83. The van der Waals surface area contributed by atoms with E-state index in [4.69, 9.17) is 5.11 Å². The van der Waals surface area contributed by atoms with E-state index in [1.807, 2.05) is 11.9 Å². The number of nitrogens with zero attached hydrogens (tertiary/aromatic N) is 1. The first kappa shape index (κ1) is 12.9. The van der Waals surface area contributed by atoms with Gasteiger partial charge in [-0.3, -0.25) is 14.6 Å². The van der Waals surface area contributed by atoms with Crippen LogP contribution in [0.25, 0.3) is 0 Å². The number of hydrogen-bond acceptors (Lipinski definition) is 5. The van der Waals surface area contributed by atoms with E-state index in [-0.39, 0.29) is 18.2 Å². The van der Waals surface area contributed by atoms with E-state index in [0.29, 0.717) is 13.0 Å². The molecule has 0 bridgehead atoms. The molecule has 0 amide bonds. The molecule has 17 heavy (non-hydrogen) atoms. The summed E-state index contributed by atoms with van der Waals surface area (Å²) < 4.78 is 0. The molecule has 94 valence electrons. The van der Waals surface area contributed by atoms with Crippen molar-refractivity contribution < 1.29 is 9.90 Å². The summed E-state index contributed by atoms with van der Waals surface area (Å²) in [6.45, 7) is 2.27. The van der Waals surface area contributed by atoms with Gasteiger partial charge in [-0.25, -0.2) is 9.89 Å². The standard InChI is InChI=1S/C9H14N4O4/c1-5(2-3-6(14)15)4-10-7-8(16)11-9(17)13-12-7/h5H,2-4H2,1H3,(H,10,12)(H,14,15)(H2,11,13,16,17). The second-order valence-electron chi connectivity index (χ2n) is 3.77. The fraction of sp³-hybridized carbons (Fsp3) is 0.556. The maximum absolute atomic E-state index is 11.2. The van der Waals surface area contributed by atoms with Crippen LogP contribution in [-0.2, 0) is 4.79 Å². The van der Waals surface area contributed by atoms with Crippen LogP contribution >= 0.6 is 0 Å². The van der Waals surface area contributed by atoms with Crippen LogP contribution in [0.15, 0.2) is 9.59 Å². The molecule has 1 atom stereocenters. The fourth-order valence-electron chi connectivity index (χ4n) is 1.21. The maximum Gasteiger partial charge on any atom is 0.342 e. The van der Waals surface area contributed by atoms with Crippen LogP contribution in [-0.4, -0.2) is 32.8 Å². The molecule has 0 aliphatic carbocycles. The van der Waals surface area contributed by atoms with Crippen LogP contribution in [0, 0.1) is 5.92 Å². The van der Waals surface area contributed by atoms with Gasteiger partial charge in [-0.05, 0) is 12.3 Å². The highest BCUT2D eigenvalue weighted by molar-refractivity contribution is 5.66. The highest BCUT2D eigenvalue weighted by atomic mass is 16.4. The highest BCUT2D eigenvalue weighted by Crippen LogP contribution is 2.05. The van der Waals surface area contributed by atoms with Gasteiger partial charge < -0.3 is 10.4 Å². The first-order chi connectivity index (χ1) is 7.99. The van der Waals surface area contributed by atoms with Crippen molar-refractivity contribution in [3.8, 4) is 0 Å². The third kappa shape index (κ3) is 4.49. The average Bonchev–Trinajstić information content (AvgIpc) is 2.25. The van der Waals surface area contributed by atoms with Crippen molar-refractivity contribution in [2.24, 2.45) is 5.92 Å². The predicted molar refractivity (Wildman–Crippen MR) is 60.0 cm³/mol. The molecule has 0 aliphatic rings. The SMILES string of the molecule is CC(CCC(=O)O)CNc1n[nH]c(=O)[nH]c1=O. The van der Waals surface area contributed by atoms with Gasteiger partial charge in [0.25, 0.3) is 5.56 Å². The van der Waals surface area contributed by atoms with Crippen molar-refractivity contribution >= 4 is 11.8 Å². The Balaban J connectivity index is 2.47. The molecule has 0 spiro atoms. The summed E-state index contributed by atoms with van der Waals surface area (Å²) >= 11 is 0. The number of nitrogens with one attached hydrogen (secondary N) is 3. The first-order valence-electron chi connectivity index (χ1n) is 5.13. The molecule has 0 radical (unpaired) electrons. The van der Waals surface area contributed by atoms with Crippen LogP contribution in [0.3, 0.4) is 0 Å². The molecule has 0 saturated carbocycles. The zero-order valence-corrected chi connectivity index (χ0v) is 9.32. The zero-order chi connectivity index (χ0) is 12.8. The normalized spacial score (nSPS) is 12.1. The number of aromatic amines is 2. The summed E-state index contributed by atoms with van der Waals surface area (Å²) in [5, 5.41) is 16.9. The van der Waals surface area contributed by atoms with Crippen LogP contribution in [0.4, 0.5) is 5.82 Å². The average molecular weight is 242 g/mol. The van der Waals surface area contributed by atoms with Crippen molar-refractivity contribution in [2.75, 3.05) is 11.9 Å². The predicted octanol–water partition coefficient (Wildman–Crippen LogP) is -0.629. The zero-order valence-electron chi connectivity index (χ0n) is 9.32. The van der Waals surface area contributed by atoms with E-state index in [1.165, 1.54) is 0 Å². The lowest BCUT2D eigenvalue weighted by atomic mass is 10.1. The summed E-state index contributed by atoms with van der Waals surface area (Å²) in [4.78, 5) is 34.3.